The molecule has 0 aromatic rings. The van der Waals surface area contributed by atoms with Crippen molar-refractivity contribution in [2.24, 2.45) is 11.8 Å². The van der Waals surface area contributed by atoms with E-state index in [0.717, 1.165) is 13.2 Å². The maximum Gasteiger partial charge on any atom is 0.200 e. The maximum absolute atomic E-state index is 6.76. The van der Waals surface area contributed by atoms with Gasteiger partial charge in [-0.25, -0.2) is 0 Å². The fourth-order valence-electron chi connectivity index (χ4n) is 4.78. The standard InChI is InChI=1S/C22H44O3Si/c1-15(2)26(16(3)4,17(5)6)24-13-18(7)12-19(8)21-20(9)14-23-22(10,11)25-21/h12,15-18,20-21H,13-14H2,1-11H3/b19-12+/t18-,20+,21-/m0/s1. The summed E-state index contributed by atoms with van der Waals surface area (Å²) in [6.45, 7) is 26.3. The van der Waals surface area contributed by atoms with Gasteiger partial charge in [0.05, 0.1) is 12.7 Å². The van der Waals surface area contributed by atoms with Gasteiger partial charge in [0.15, 0.2) is 14.1 Å². The Morgan fingerprint density at radius 1 is 1.08 bits per heavy atom. The molecule has 4 heteroatoms. The molecule has 0 spiro atoms. The molecule has 0 unspecified atom stereocenters. The highest BCUT2D eigenvalue weighted by Crippen LogP contribution is 2.42. The highest BCUT2D eigenvalue weighted by atomic mass is 28.4. The van der Waals surface area contributed by atoms with E-state index < -0.39 is 14.1 Å². The Labute approximate surface area is 164 Å². The van der Waals surface area contributed by atoms with Gasteiger partial charge >= 0.3 is 0 Å². The second-order valence-electron chi connectivity index (χ2n) is 9.74. The van der Waals surface area contributed by atoms with Gasteiger partial charge in [-0.3, -0.25) is 0 Å². The van der Waals surface area contributed by atoms with Crippen molar-refractivity contribution in [2.75, 3.05) is 13.2 Å². The predicted octanol–water partition coefficient (Wildman–Crippen LogP) is 6.55. The van der Waals surface area contributed by atoms with E-state index in [1.54, 1.807) is 0 Å². The number of rotatable bonds is 8. The lowest BCUT2D eigenvalue weighted by Crippen LogP contribution is -2.48. The van der Waals surface area contributed by atoms with Crippen molar-refractivity contribution in [3.05, 3.63) is 11.6 Å². The summed E-state index contributed by atoms with van der Waals surface area (Å²) in [7, 11) is -1.80. The minimum Gasteiger partial charge on any atom is -0.415 e. The highest BCUT2D eigenvalue weighted by Gasteiger charge is 2.45. The SMILES string of the molecule is C/C(=C\[C@H](C)CO[Si](C(C)C)(C(C)C)C(C)C)[C@@H]1OC(C)(C)OC[C@H]1C. The van der Waals surface area contributed by atoms with Gasteiger partial charge in [-0.2, -0.15) is 0 Å². The van der Waals surface area contributed by atoms with Gasteiger partial charge in [0, 0.05) is 12.5 Å². The van der Waals surface area contributed by atoms with Gasteiger partial charge < -0.3 is 13.9 Å². The average molecular weight is 385 g/mol. The van der Waals surface area contributed by atoms with Crippen molar-refractivity contribution in [2.45, 2.75) is 105 Å². The van der Waals surface area contributed by atoms with E-state index in [1.807, 2.05) is 13.8 Å². The van der Waals surface area contributed by atoms with Crippen molar-refractivity contribution in [3.63, 3.8) is 0 Å². The Balaban J connectivity index is 2.83. The zero-order chi connectivity index (χ0) is 20.3. The minimum absolute atomic E-state index is 0.128. The van der Waals surface area contributed by atoms with E-state index in [-0.39, 0.29) is 6.10 Å². The quantitative estimate of drug-likeness (QED) is 0.351. The van der Waals surface area contributed by atoms with Gasteiger partial charge in [0.25, 0.3) is 0 Å². The van der Waals surface area contributed by atoms with Gasteiger partial charge in [-0.15, -0.1) is 0 Å². The summed E-state index contributed by atoms with van der Waals surface area (Å²) in [5.74, 6) is 0.267. The van der Waals surface area contributed by atoms with Gasteiger partial charge in [0.2, 0.25) is 0 Å². The Morgan fingerprint density at radius 2 is 1.58 bits per heavy atom. The molecular formula is C22H44O3Si. The van der Waals surface area contributed by atoms with Crippen molar-refractivity contribution in [1.29, 1.82) is 0 Å². The second-order valence-corrected chi connectivity index (χ2v) is 15.2. The molecule has 0 N–H and O–H groups in total. The molecule has 3 nitrogen and oxygen atoms in total. The molecule has 1 heterocycles. The fraction of sp³-hybridized carbons (Fsp3) is 0.909. The Morgan fingerprint density at radius 3 is 2.04 bits per heavy atom. The van der Waals surface area contributed by atoms with Crippen LogP contribution in [0.2, 0.25) is 16.6 Å². The van der Waals surface area contributed by atoms with Crippen LogP contribution in [0.15, 0.2) is 11.6 Å². The van der Waals surface area contributed by atoms with Crippen LogP contribution in [-0.2, 0) is 13.9 Å². The third-order valence-electron chi connectivity index (χ3n) is 5.92. The fourth-order valence-corrected chi connectivity index (χ4v) is 10.3. The minimum atomic E-state index is -1.80. The molecule has 0 bridgehead atoms. The molecule has 0 saturated carbocycles. The summed E-state index contributed by atoms with van der Waals surface area (Å²) in [4.78, 5) is 0. The van der Waals surface area contributed by atoms with Crippen LogP contribution in [-0.4, -0.2) is 33.4 Å². The molecule has 0 aromatic heterocycles. The van der Waals surface area contributed by atoms with Gasteiger partial charge in [-0.1, -0.05) is 61.5 Å². The summed E-state index contributed by atoms with van der Waals surface area (Å²) < 4.78 is 18.7. The first-order chi connectivity index (χ1) is 11.8. The van der Waals surface area contributed by atoms with Crippen LogP contribution in [0.4, 0.5) is 0 Å². The molecule has 1 fully saturated rings. The van der Waals surface area contributed by atoms with Crippen LogP contribution in [0.5, 0.6) is 0 Å². The lowest BCUT2D eigenvalue weighted by atomic mass is 9.94. The highest BCUT2D eigenvalue weighted by molar-refractivity contribution is 6.77. The maximum atomic E-state index is 6.76. The van der Waals surface area contributed by atoms with Crippen molar-refractivity contribution >= 4 is 8.32 Å². The first kappa shape index (κ1) is 23.9. The van der Waals surface area contributed by atoms with Crippen LogP contribution in [0, 0.1) is 11.8 Å². The first-order valence-corrected chi connectivity index (χ1v) is 12.6. The molecule has 1 aliphatic rings. The lowest BCUT2D eigenvalue weighted by Gasteiger charge is -2.43. The number of ether oxygens (including phenoxy) is 2. The summed E-state index contributed by atoms with van der Waals surface area (Å²) in [6.07, 6.45) is 2.48. The lowest BCUT2D eigenvalue weighted by molar-refractivity contribution is -0.282. The molecule has 1 saturated heterocycles. The van der Waals surface area contributed by atoms with Crippen LogP contribution in [0.25, 0.3) is 0 Å². The molecular weight excluding hydrogens is 340 g/mol. The monoisotopic (exact) mass is 384 g/mol. The molecule has 26 heavy (non-hydrogen) atoms. The summed E-state index contributed by atoms with van der Waals surface area (Å²) in [6, 6.07) is 0. The predicted molar refractivity (Wildman–Crippen MR) is 114 cm³/mol. The van der Waals surface area contributed by atoms with Crippen LogP contribution in [0.3, 0.4) is 0 Å². The smallest absolute Gasteiger partial charge is 0.200 e. The normalized spacial score (nSPS) is 26.0. The van der Waals surface area contributed by atoms with Crippen LogP contribution >= 0.6 is 0 Å². The topological polar surface area (TPSA) is 27.7 Å². The molecule has 0 aliphatic carbocycles. The zero-order valence-corrected chi connectivity index (χ0v) is 20.2. The summed E-state index contributed by atoms with van der Waals surface area (Å²) in [5, 5.41) is 0. The molecule has 3 atom stereocenters. The van der Waals surface area contributed by atoms with E-state index in [9.17, 15) is 0 Å². The molecule has 1 aliphatic heterocycles. The van der Waals surface area contributed by atoms with Gasteiger partial charge in [-0.05, 0) is 48.9 Å². The summed E-state index contributed by atoms with van der Waals surface area (Å²) >= 11 is 0. The average Bonchev–Trinajstić information content (AvgIpc) is 2.49. The van der Waals surface area contributed by atoms with Crippen molar-refractivity contribution in [3.8, 4) is 0 Å². The van der Waals surface area contributed by atoms with E-state index in [4.69, 9.17) is 13.9 Å². The van der Waals surface area contributed by atoms with E-state index in [1.165, 1.54) is 5.57 Å². The van der Waals surface area contributed by atoms with E-state index in [0.29, 0.717) is 28.5 Å². The molecule has 0 radical (unpaired) electrons. The first-order valence-electron chi connectivity index (χ1n) is 10.5. The second kappa shape index (κ2) is 9.36. The third kappa shape index (κ3) is 5.67. The Kier molecular flexibility index (Phi) is 8.59. The molecule has 0 aromatic carbocycles. The Hall–Kier alpha value is -0.163. The van der Waals surface area contributed by atoms with Gasteiger partial charge in [0.1, 0.15) is 0 Å². The Bertz CT molecular complexity index is 446. The molecule has 1 rings (SSSR count). The third-order valence-corrected chi connectivity index (χ3v) is 12.0. The van der Waals surface area contributed by atoms with Crippen molar-refractivity contribution < 1.29 is 13.9 Å². The molecule has 0 amide bonds. The zero-order valence-electron chi connectivity index (χ0n) is 19.2. The molecule has 154 valence electrons. The van der Waals surface area contributed by atoms with E-state index >= 15 is 0 Å². The van der Waals surface area contributed by atoms with Crippen LogP contribution < -0.4 is 0 Å². The van der Waals surface area contributed by atoms with E-state index in [2.05, 4.69) is 68.4 Å². The largest absolute Gasteiger partial charge is 0.415 e. The van der Waals surface area contributed by atoms with Crippen LogP contribution in [0.1, 0.15) is 76.2 Å². The summed E-state index contributed by atoms with van der Waals surface area (Å²) in [5.41, 5.74) is 3.18. The van der Waals surface area contributed by atoms with Crippen molar-refractivity contribution in [1.82, 2.24) is 0 Å². The number of hydrogen-bond acceptors (Lipinski definition) is 3. The number of hydrogen-bond donors (Lipinski definition) is 0.